The minimum absolute atomic E-state index is 0.366. The fraction of sp³-hybridized carbons (Fsp3) is 0.222. The van der Waals surface area contributed by atoms with Crippen LogP contribution >= 0.6 is 0 Å². The normalized spacial score (nSPS) is 11.3. The summed E-state index contributed by atoms with van der Waals surface area (Å²) in [4.78, 5) is 0. The molecular weight excluding hydrogens is 233 g/mol. The van der Waals surface area contributed by atoms with Crippen molar-refractivity contribution < 1.29 is 26.7 Å². The van der Waals surface area contributed by atoms with E-state index in [2.05, 4.69) is 4.74 Å². The molecule has 7 heteroatoms. The summed E-state index contributed by atoms with van der Waals surface area (Å²) in [5, 5.41) is 8.47. The first-order valence-electron chi connectivity index (χ1n) is 3.90. The van der Waals surface area contributed by atoms with Gasteiger partial charge in [0.05, 0.1) is 11.1 Å². The summed E-state index contributed by atoms with van der Waals surface area (Å²) in [5.41, 5.74) is -1.53. The Morgan fingerprint density at radius 1 is 1.25 bits per heavy atom. The van der Waals surface area contributed by atoms with Crippen LogP contribution < -0.4 is 4.74 Å². The van der Waals surface area contributed by atoms with Gasteiger partial charge in [0.25, 0.3) is 0 Å². The van der Waals surface area contributed by atoms with Crippen molar-refractivity contribution in [3.05, 3.63) is 29.3 Å². The highest BCUT2D eigenvalue weighted by Crippen LogP contribution is 2.33. The monoisotopic (exact) mass is 237 g/mol. The van der Waals surface area contributed by atoms with E-state index in [1.807, 2.05) is 0 Å². The summed E-state index contributed by atoms with van der Waals surface area (Å²) in [7, 11) is 0. The molecule has 0 spiro atoms. The molecule has 86 valence electrons. The van der Waals surface area contributed by atoms with Gasteiger partial charge in [-0.15, -0.1) is 0 Å². The molecule has 0 fully saturated rings. The number of hydrogen-bond acceptors (Lipinski definition) is 2. The average Bonchev–Trinajstić information content (AvgIpc) is 2.15. The molecule has 1 aromatic carbocycles. The number of benzene rings is 1. The van der Waals surface area contributed by atoms with E-state index >= 15 is 0 Å². The Bertz CT molecular complexity index is 421. The maximum Gasteiger partial charge on any atom is 0.416 e. The van der Waals surface area contributed by atoms with Crippen LogP contribution in [0.4, 0.5) is 22.0 Å². The molecule has 1 rings (SSSR count). The topological polar surface area (TPSA) is 33.0 Å². The Hall–Kier alpha value is -1.84. The average molecular weight is 237 g/mol. The third-order valence-electron chi connectivity index (χ3n) is 1.65. The van der Waals surface area contributed by atoms with Gasteiger partial charge in [-0.25, -0.2) is 0 Å². The van der Waals surface area contributed by atoms with Gasteiger partial charge in [0.15, 0.2) is 0 Å². The van der Waals surface area contributed by atoms with E-state index in [0.717, 1.165) is 6.07 Å². The SMILES string of the molecule is N#Cc1ccc(C(F)(F)F)cc1OC(F)F. The Balaban J connectivity index is 3.18. The first-order chi connectivity index (χ1) is 7.34. The number of nitriles is 1. The van der Waals surface area contributed by atoms with Gasteiger partial charge in [0.1, 0.15) is 11.8 Å². The predicted molar refractivity (Wildman–Crippen MR) is 42.8 cm³/mol. The van der Waals surface area contributed by atoms with E-state index in [-0.39, 0.29) is 5.56 Å². The fourth-order valence-electron chi connectivity index (χ4n) is 0.985. The maximum absolute atomic E-state index is 12.2. The van der Waals surface area contributed by atoms with Crippen LogP contribution in [0.2, 0.25) is 0 Å². The van der Waals surface area contributed by atoms with Crippen LogP contribution in [0.1, 0.15) is 11.1 Å². The van der Waals surface area contributed by atoms with Crippen molar-refractivity contribution >= 4 is 0 Å². The number of alkyl halides is 5. The Morgan fingerprint density at radius 2 is 1.88 bits per heavy atom. The molecule has 2 nitrogen and oxygen atoms in total. The maximum atomic E-state index is 12.2. The second-order valence-electron chi connectivity index (χ2n) is 2.70. The van der Waals surface area contributed by atoms with Crippen LogP contribution in [0.5, 0.6) is 5.75 Å². The van der Waals surface area contributed by atoms with Crippen molar-refractivity contribution in [3.8, 4) is 11.8 Å². The van der Waals surface area contributed by atoms with Crippen LogP contribution in [-0.4, -0.2) is 6.61 Å². The number of ether oxygens (including phenoxy) is 1. The Labute approximate surface area is 86.9 Å². The third kappa shape index (κ3) is 2.82. The summed E-state index contributed by atoms with van der Waals surface area (Å²) >= 11 is 0. The molecule has 0 unspecified atom stereocenters. The highest BCUT2D eigenvalue weighted by atomic mass is 19.4. The molecule has 0 aliphatic heterocycles. The summed E-state index contributed by atoms with van der Waals surface area (Å²) in [6.45, 7) is -3.28. The fourth-order valence-corrected chi connectivity index (χ4v) is 0.985. The molecule has 0 bridgehead atoms. The van der Waals surface area contributed by atoms with E-state index in [0.29, 0.717) is 12.1 Å². The highest BCUT2D eigenvalue weighted by molar-refractivity contribution is 5.46. The van der Waals surface area contributed by atoms with Gasteiger partial charge in [0.2, 0.25) is 0 Å². The standard InChI is InChI=1S/C9H4F5NO/c10-8(11)16-7-3-6(9(12,13)14)2-1-5(7)4-15/h1-3,8H. The molecule has 0 heterocycles. The van der Waals surface area contributed by atoms with Crippen molar-refractivity contribution in [2.45, 2.75) is 12.8 Å². The smallest absolute Gasteiger partial charge is 0.416 e. The van der Waals surface area contributed by atoms with Crippen molar-refractivity contribution in [3.63, 3.8) is 0 Å². The zero-order chi connectivity index (χ0) is 12.3. The molecular formula is C9H4F5NO. The molecule has 0 aliphatic carbocycles. The lowest BCUT2D eigenvalue weighted by Gasteiger charge is -2.10. The van der Waals surface area contributed by atoms with Gasteiger partial charge in [-0.1, -0.05) is 0 Å². The predicted octanol–water partition coefficient (Wildman–Crippen LogP) is 3.18. The number of halogens is 5. The van der Waals surface area contributed by atoms with Crippen LogP contribution in [0.25, 0.3) is 0 Å². The summed E-state index contributed by atoms with van der Waals surface area (Å²) < 4.78 is 64.2. The molecule has 0 aromatic heterocycles. The van der Waals surface area contributed by atoms with Gasteiger partial charge >= 0.3 is 12.8 Å². The van der Waals surface area contributed by atoms with Crippen molar-refractivity contribution in [1.29, 1.82) is 5.26 Å². The molecule has 1 aromatic rings. The molecule has 0 radical (unpaired) electrons. The zero-order valence-corrected chi connectivity index (χ0v) is 7.55. The lowest BCUT2D eigenvalue weighted by atomic mass is 10.1. The van der Waals surface area contributed by atoms with Gasteiger partial charge in [-0.2, -0.15) is 27.2 Å². The number of nitrogens with zero attached hydrogens (tertiary/aromatic N) is 1. The number of rotatable bonds is 2. The third-order valence-corrected chi connectivity index (χ3v) is 1.65. The van der Waals surface area contributed by atoms with Crippen LogP contribution in [-0.2, 0) is 6.18 Å². The first kappa shape index (κ1) is 12.2. The van der Waals surface area contributed by atoms with E-state index in [9.17, 15) is 22.0 Å². The van der Waals surface area contributed by atoms with Gasteiger partial charge in [-0.05, 0) is 18.2 Å². The van der Waals surface area contributed by atoms with E-state index in [1.165, 1.54) is 6.07 Å². The van der Waals surface area contributed by atoms with Crippen molar-refractivity contribution in [1.82, 2.24) is 0 Å². The Kier molecular flexibility index (Phi) is 3.32. The van der Waals surface area contributed by atoms with Crippen LogP contribution in [0, 0.1) is 11.3 Å². The minimum Gasteiger partial charge on any atom is -0.433 e. The van der Waals surface area contributed by atoms with Gasteiger partial charge in [-0.3, -0.25) is 0 Å². The summed E-state index contributed by atoms with van der Waals surface area (Å²) in [5.74, 6) is -0.785. The van der Waals surface area contributed by atoms with Crippen LogP contribution in [0.3, 0.4) is 0 Å². The molecule has 0 N–H and O–H groups in total. The second-order valence-corrected chi connectivity index (χ2v) is 2.70. The summed E-state index contributed by atoms with van der Waals surface area (Å²) in [6.07, 6.45) is -4.67. The number of hydrogen-bond donors (Lipinski definition) is 0. The highest BCUT2D eigenvalue weighted by Gasteiger charge is 2.31. The quantitative estimate of drug-likeness (QED) is 0.740. The van der Waals surface area contributed by atoms with E-state index in [4.69, 9.17) is 5.26 Å². The largest absolute Gasteiger partial charge is 0.433 e. The second kappa shape index (κ2) is 4.35. The lowest BCUT2D eigenvalue weighted by Crippen LogP contribution is -2.08. The van der Waals surface area contributed by atoms with E-state index < -0.39 is 24.1 Å². The lowest BCUT2D eigenvalue weighted by molar-refractivity contribution is -0.138. The molecule has 0 saturated carbocycles. The zero-order valence-electron chi connectivity index (χ0n) is 7.55. The first-order valence-corrected chi connectivity index (χ1v) is 3.90. The van der Waals surface area contributed by atoms with Gasteiger partial charge in [0, 0.05) is 0 Å². The molecule has 0 saturated heterocycles. The molecule has 0 atom stereocenters. The van der Waals surface area contributed by atoms with E-state index in [1.54, 1.807) is 0 Å². The van der Waals surface area contributed by atoms with Crippen molar-refractivity contribution in [2.75, 3.05) is 0 Å². The van der Waals surface area contributed by atoms with Crippen LogP contribution in [0.15, 0.2) is 18.2 Å². The summed E-state index contributed by atoms with van der Waals surface area (Å²) in [6, 6.07) is 3.22. The van der Waals surface area contributed by atoms with Gasteiger partial charge < -0.3 is 4.74 Å². The molecule has 0 aliphatic rings. The minimum atomic E-state index is -4.67. The Morgan fingerprint density at radius 3 is 2.31 bits per heavy atom. The molecule has 0 amide bonds. The molecule has 16 heavy (non-hydrogen) atoms. The van der Waals surface area contributed by atoms with Crippen molar-refractivity contribution in [2.24, 2.45) is 0 Å².